The van der Waals surface area contributed by atoms with E-state index in [-0.39, 0.29) is 11.9 Å². The molecule has 1 N–H and O–H groups in total. The Bertz CT molecular complexity index is 1010. The van der Waals surface area contributed by atoms with Crippen LogP contribution in [0.1, 0.15) is 34.8 Å². The second-order valence-electron chi connectivity index (χ2n) is 7.52. The number of nitrogens with one attached hydrogen (secondary N) is 1. The van der Waals surface area contributed by atoms with E-state index < -0.39 is 0 Å². The summed E-state index contributed by atoms with van der Waals surface area (Å²) < 4.78 is 5.42. The van der Waals surface area contributed by atoms with Crippen molar-refractivity contribution in [3.8, 4) is 5.75 Å². The Morgan fingerprint density at radius 2 is 1.90 bits per heavy atom. The van der Waals surface area contributed by atoms with Gasteiger partial charge in [-0.2, -0.15) is 0 Å². The largest absolute Gasteiger partial charge is 0.497 e. The lowest BCUT2D eigenvalue weighted by molar-refractivity contribution is 0.0934. The van der Waals surface area contributed by atoms with Crippen LogP contribution in [0.4, 0.5) is 0 Å². The van der Waals surface area contributed by atoms with Crippen molar-refractivity contribution < 1.29 is 9.53 Å². The molecule has 2 heterocycles. The van der Waals surface area contributed by atoms with E-state index in [0.717, 1.165) is 29.3 Å². The summed E-state index contributed by atoms with van der Waals surface area (Å²) >= 11 is 1.50. The molecule has 1 saturated heterocycles. The lowest BCUT2D eigenvalue weighted by atomic mass is 10.0. The molecule has 3 aromatic rings. The van der Waals surface area contributed by atoms with Crippen LogP contribution in [0.3, 0.4) is 0 Å². The minimum atomic E-state index is -0.0985. The fourth-order valence-electron chi connectivity index (χ4n) is 3.89. The van der Waals surface area contributed by atoms with Gasteiger partial charge in [0.05, 0.1) is 18.7 Å². The van der Waals surface area contributed by atoms with Crippen LogP contribution in [0.25, 0.3) is 0 Å². The number of ether oxygens (including phenoxy) is 1. The second kappa shape index (κ2) is 10.5. The molecule has 1 aliphatic rings. The number of pyridine rings is 1. The lowest BCUT2D eigenvalue weighted by Gasteiger charge is -2.28. The third-order valence-corrected chi connectivity index (χ3v) is 6.52. The summed E-state index contributed by atoms with van der Waals surface area (Å²) in [7, 11) is 1.68. The highest BCUT2D eigenvalue weighted by Gasteiger charge is 2.25. The molecule has 0 spiro atoms. The van der Waals surface area contributed by atoms with Crippen molar-refractivity contribution >= 4 is 17.7 Å². The number of likely N-dealkylation sites (tertiary alicyclic amines) is 1. The van der Waals surface area contributed by atoms with Crippen molar-refractivity contribution in [2.75, 3.05) is 26.7 Å². The molecule has 2 aromatic carbocycles. The molecular weight excluding hydrogens is 406 g/mol. The minimum absolute atomic E-state index is 0.0985. The summed E-state index contributed by atoms with van der Waals surface area (Å²) in [6.07, 6.45) is 4.11. The first-order chi connectivity index (χ1) is 15.2. The first-order valence-corrected chi connectivity index (χ1v) is 11.4. The summed E-state index contributed by atoms with van der Waals surface area (Å²) in [6, 6.07) is 21.9. The number of nitrogens with zero attached hydrogens (tertiary/aromatic N) is 2. The third kappa shape index (κ3) is 5.46. The first-order valence-electron chi connectivity index (χ1n) is 10.6. The fraction of sp³-hybridized carbons (Fsp3) is 0.280. The highest BCUT2D eigenvalue weighted by molar-refractivity contribution is 7.99. The number of aromatic nitrogens is 1. The fourth-order valence-corrected chi connectivity index (χ4v) is 4.79. The van der Waals surface area contributed by atoms with Crippen LogP contribution in [-0.2, 0) is 0 Å². The summed E-state index contributed by atoms with van der Waals surface area (Å²) in [5.74, 6) is 0.737. The van der Waals surface area contributed by atoms with Crippen molar-refractivity contribution in [2.45, 2.75) is 28.8 Å². The van der Waals surface area contributed by atoms with E-state index in [2.05, 4.69) is 27.3 Å². The number of carbonyl (C=O) groups excluding carboxylic acids is 1. The van der Waals surface area contributed by atoms with Crippen molar-refractivity contribution in [3.05, 3.63) is 84.1 Å². The molecule has 1 amide bonds. The van der Waals surface area contributed by atoms with Gasteiger partial charge in [0.15, 0.2) is 0 Å². The molecule has 0 bridgehead atoms. The Morgan fingerprint density at radius 1 is 1.10 bits per heavy atom. The quantitative estimate of drug-likeness (QED) is 0.553. The molecule has 31 heavy (non-hydrogen) atoms. The maximum absolute atomic E-state index is 13.1. The van der Waals surface area contributed by atoms with Gasteiger partial charge in [-0.25, -0.2) is 4.98 Å². The predicted molar refractivity (Wildman–Crippen MR) is 124 cm³/mol. The van der Waals surface area contributed by atoms with Gasteiger partial charge in [0.2, 0.25) is 0 Å². The number of rotatable bonds is 8. The molecule has 1 aromatic heterocycles. The van der Waals surface area contributed by atoms with E-state index in [9.17, 15) is 4.79 Å². The molecular formula is C25H27N3O2S. The molecule has 1 aliphatic heterocycles. The molecule has 1 fully saturated rings. The maximum atomic E-state index is 13.1. The van der Waals surface area contributed by atoms with Gasteiger partial charge in [-0.1, -0.05) is 42.1 Å². The first kappa shape index (κ1) is 21.4. The van der Waals surface area contributed by atoms with Crippen molar-refractivity contribution in [3.63, 3.8) is 0 Å². The molecule has 1 unspecified atom stereocenters. The number of methoxy groups -OCH3 is 1. The number of amides is 1. The van der Waals surface area contributed by atoms with Gasteiger partial charge in [-0.3, -0.25) is 9.69 Å². The zero-order valence-electron chi connectivity index (χ0n) is 17.7. The van der Waals surface area contributed by atoms with E-state index in [0.29, 0.717) is 17.1 Å². The topological polar surface area (TPSA) is 54.5 Å². The second-order valence-corrected chi connectivity index (χ2v) is 8.58. The van der Waals surface area contributed by atoms with Crippen LogP contribution in [0.15, 0.2) is 82.8 Å². The SMILES string of the molecule is COc1cccc(C(CNC(=O)c2cccnc2Sc2ccccc2)N2CCCC2)c1. The summed E-state index contributed by atoms with van der Waals surface area (Å²) in [4.78, 5) is 21.1. The predicted octanol–water partition coefficient (Wildman–Crippen LogP) is 4.81. The minimum Gasteiger partial charge on any atom is -0.497 e. The smallest absolute Gasteiger partial charge is 0.254 e. The van der Waals surface area contributed by atoms with Gasteiger partial charge < -0.3 is 10.1 Å². The van der Waals surface area contributed by atoms with E-state index in [1.54, 1.807) is 13.3 Å². The van der Waals surface area contributed by atoms with E-state index in [1.807, 2.05) is 54.6 Å². The highest BCUT2D eigenvalue weighted by Crippen LogP contribution is 2.29. The number of hydrogen-bond donors (Lipinski definition) is 1. The standard InChI is InChI=1S/C25H27N3O2S/c1-30-20-10-7-9-19(17-20)23(28-15-5-6-16-28)18-27-24(29)22-13-8-14-26-25(22)31-21-11-3-2-4-12-21/h2-4,7-14,17,23H,5-6,15-16,18H2,1H3,(H,27,29). The van der Waals surface area contributed by atoms with Crippen LogP contribution in [-0.4, -0.2) is 42.5 Å². The van der Waals surface area contributed by atoms with Crippen molar-refractivity contribution in [2.24, 2.45) is 0 Å². The Hall–Kier alpha value is -2.83. The van der Waals surface area contributed by atoms with Crippen LogP contribution < -0.4 is 10.1 Å². The average Bonchev–Trinajstić information content (AvgIpc) is 3.35. The number of carbonyl (C=O) groups is 1. The van der Waals surface area contributed by atoms with Gasteiger partial charge in [-0.05, 0) is 67.9 Å². The summed E-state index contributed by atoms with van der Waals surface area (Å²) in [6.45, 7) is 2.62. The molecule has 6 heteroatoms. The van der Waals surface area contributed by atoms with E-state index >= 15 is 0 Å². The zero-order chi connectivity index (χ0) is 21.5. The van der Waals surface area contributed by atoms with E-state index in [4.69, 9.17) is 4.74 Å². The Balaban J connectivity index is 1.50. The zero-order valence-corrected chi connectivity index (χ0v) is 18.5. The molecule has 0 saturated carbocycles. The van der Waals surface area contributed by atoms with Gasteiger partial charge in [0.25, 0.3) is 5.91 Å². The van der Waals surface area contributed by atoms with E-state index in [1.165, 1.54) is 24.6 Å². The lowest BCUT2D eigenvalue weighted by Crippen LogP contribution is -2.37. The molecule has 5 nitrogen and oxygen atoms in total. The van der Waals surface area contributed by atoms with Crippen molar-refractivity contribution in [1.82, 2.24) is 15.2 Å². The summed E-state index contributed by atoms with van der Waals surface area (Å²) in [5, 5.41) is 3.88. The van der Waals surface area contributed by atoms with Gasteiger partial charge >= 0.3 is 0 Å². The van der Waals surface area contributed by atoms with Crippen LogP contribution in [0, 0.1) is 0 Å². The Kier molecular flexibility index (Phi) is 7.22. The average molecular weight is 434 g/mol. The number of benzene rings is 2. The molecule has 4 rings (SSSR count). The maximum Gasteiger partial charge on any atom is 0.254 e. The molecule has 160 valence electrons. The van der Waals surface area contributed by atoms with Crippen LogP contribution in [0.5, 0.6) is 5.75 Å². The molecule has 0 radical (unpaired) electrons. The highest BCUT2D eigenvalue weighted by atomic mass is 32.2. The Morgan fingerprint density at radius 3 is 2.68 bits per heavy atom. The molecule has 1 atom stereocenters. The third-order valence-electron chi connectivity index (χ3n) is 5.49. The van der Waals surface area contributed by atoms with Gasteiger partial charge in [-0.15, -0.1) is 0 Å². The van der Waals surface area contributed by atoms with Crippen LogP contribution in [0.2, 0.25) is 0 Å². The van der Waals surface area contributed by atoms with Crippen LogP contribution >= 0.6 is 11.8 Å². The number of hydrogen-bond acceptors (Lipinski definition) is 5. The van der Waals surface area contributed by atoms with Crippen molar-refractivity contribution in [1.29, 1.82) is 0 Å². The van der Waals surface area contributed by atoms with Gasteiger partial charge in [0, 0.05) is 17.6 Å². The van der Waals surface area contributed by atoms with Gasteiger partial charge in [0.1, 0.15) is 10.8 Å². The normalized spacial score (nSPS) is 14.9. The monoisotopic (exact) mass is 433 g/mol. The summed E-state index contributed by atoms with van der Waals surface area (Å²) in [5.41, 5.74) is 1.76. The molecule has 0 aliphatic carbocycles. The Labute approximate surface area is 187 Å².